The Bertz CT molecular complexity index is 3180. The molecule has 1 aliphatic heterocycles. The van der Waals surface area contributed by atoms with Crippen molar-refractivity contribution >= 4 is 84.9 Å². The molecule has 11 rings (SSSR count). The van der Waals surface area contributed by atoms with Crippen molar-refractivity contribution in [2.45, 2.75) is 13.1 Å². The predicted octanol–water partition coefficient (Wildman–Crippen LogP) is 14.6. The zero-order valence-electron chi connectivity index (χ0n) is 33.2. The molecule has 0 amide bonds. The fraction of sp³-hybridized carbons (Fsp3) is 0.0357. The molecule has 3 heteroatoms. The standard InChI is InChI=1S/C56H42N2Si/c1-59(2)54-29-15-26-50-53(58(44-22-7-4-8-23-44)52-28-14-19-41-17-10-12-25-47(41)52)37-36-49(56(50)54)48-35-32-42(38-55(48)59)39-30-33-45(34-31-39)57(43-20-5-3-6-21-43)51-27-13-18-40-16-9-11-24-46(40)51/h3-38H,1-2H3. The third kappa shape index (κ3) is 5.77. The number of rotatable bonds is 7. The minimum atomic E-state index is -2.16. The first-order chi connectivity index (χ1) is 29.0. The van der Waals surface area contributed by atoms with Crippen molar-refractivity contribution in [3.63, 3.8) is 0 Å². The monoisotopic (exact) mass is 770 g/mol. The minimum absolute atomic E-state index is 1.13. The van der Waals surface area contributed by atoms with Gasteiger partial charge in [0.15, 0.2) is 0 Å². The summed E-state index contributed by atoms with van der Waals surface area (Å²) in [5.41, 5.74) is 12.1. The average molecular weight is 771 g/mol. The van der Waals surface area contributed by atoms with Crippen molar-refractivity contribution in [3.05, 3.63) is 218 Å². The summed E-state index contributed by atoms with van der Waals surface area (Å²) in [6, 6.07) is 80.2. The van der Waals surface area contributed by atoms with Gasteiger partial charge in [0, 0.05) is 33.2 Å². The highest BCUT2D eigenvalue weighted by molar-refractivity contribution is 7.03. The number of anilines is 6. The molecule has 0 bridgehead atoms. The molecule has 0 unspecified atom stereocenters. The van der Waals surface area contributed by atoms with Gasteiger partial charge in [-0.2, -0.15) is 0 Å². The summed E-state index contributed by atoms with van der Waals surface area (Å²) < 4.78 is 0. The summed E-state index contributed by atoms with van der Waals surface area (Å²) >= 11 is 0. The van der Waals surface area contributed by atoms with E-state index >= 15 is 0 Å². The highest BCUT2D eigenvalue weighted by Gasteiger charge is 2.36. The first kappa shape index (κ1) is 35.0. The third-order valence-electron chi connectivity index (χ3n) is 12.4. The van der Waals surface area contributed by atoms with Crippen molar-refractivity contribution in [3.8, 4) is 22.3 Å². The molecule has 280 valence electrons. The SMILES string of the molecule is C[Si]1(C)c2cc(-c3ccc(N(c4ccccc4)c4cccc5ccccc45)cc3)ccc2-c2ccc(N(c3ccccc3)c3cccc4ccccc34)c3cccc1c23. The summed E-state index contributed by atoms with van der Waals surface area (Å²) in [6.45, 7) is 5.06. The number of benzene rings is 10. The van der Waals surface area contributed by atoms with Gasteiger partial charge in [0.05, 0.1) is 17.1 Å². The summed E-state index contributed by atoms with van der Waals surface area (Å²) in [5, 5.41) is 10.6. The van der Waals surface area contributed by atoms with E-state index in [0.29, 0.717) is 0 Å². The van der Waals surface area contributed by atoms with Crippen molar-refractivity contribution in [1.29, 1.82) is 0 Å². The molecule has 1 heterocycles. The Morgan fingerprint density at radius 3 is 1.46 bits per heavy atom. The van der Waals surface area contributed by atoms with Crippen LogP contribution >= 0.6 is 0 Å². The Kier molecular flexibility index (Phi) is 8.31. The molecule has 0 aliphatic carbocycles. The fourth-order valence-corrected chi connectivity index (χ4v) is 12.7. The predicted molar refractivity (Wildman–Crippen MR) is 256 cm³/mol. The van der Waals surface area contributed by atoms with Crippen LogP contribution in [0, 0.1) is 0 Å². The average Bonchev–Trinajstić information content (AvgIpc) is 3.30. The first-order valence-corrected chi connectivity index (χ1v) is 23.5. The van der Waals surface area contributed by atoms with Crippen LogP contribution in [0.15, 0.2) is 218 Å². The van der Waals surface area contributed by atoms with Gasteiger partial charge in [-0.25, -0.2) is 0 Å². The zero-order valence-corrected chi connectivity index (χ0v) is 34.2. The van der Waals surface area contributed by atoms with Gasteiger partial charge in [-0.15, -0.1) is 0 Å². The van der Waals surface area contributed by atoms with E-state index < -0.39 is 8.07 Å². The highest BCUT2D eigenvalue weighted by atomic mass is 28.3. The Labute approximate surface area is 346 Å². The Hall–Kier alpha value is -7.20. The summed E-state index contributed by atoms with van der Waals surface area (Å²) in [4.78, 5) is 4.83. The molecule has 59 heavy (non-hydrogen) atoms. The third-order valence-corrected chi connectivity index (χ3v) is 15.9. The molecule has 0 saturated carbocycles. The Balaban J connectivity index is 1.02. The van der Waals surface area contributed by atoms with Gasteiger partial charge in [-0.05, 0) is 103 Å². The fourth-order valence-electron chi connectivity index (χ4n) is 9.55. The number of hydrogen-bond donors (Lipinski definition) is 0. The summed E-state index contributed by atoms with van der Waals surface area (Å²) in [6.07, 6.45) is 0. The molecule has 10 aromatic rings. The topological polar surface area (TPSA) is 6.48 Å². The number of fused-ring (bicyclic) bond motifs is 4. The van der Waals surface area contributed by atoms with E-state index in [1.54, 1.807) is 0 Å². The van der Waals surface area contributed by atoms with Crippen LogP contribution in [0.5, 0.6) is 0 Å². The molecule has 2 nitrogen and oxygen atoms in total. The Morgan fingerprint density at radius 2 is 0.797 bits per heavy atom. The lowest BCUT2D eigenvalue weighted by Gasteiger charge is -2.36. The Morgan fingerprint density at radius 1 is 0.322 bits per heavy atom. The van der Waals surface area contributed by atoms with Crippen LogP contribution < -0.4 is 20.2 Å². The van der Waals surface area contributed by atoms with Gasteiger partial charge < -0.3 is 9.80 Å². The van der Waals surface area contributed by atoms with E-state index in [9.17, 15) is 0 Å². The molecule has 10 aromatic carbocycles. The van der Waals surface area contributed by atoms with Crippen molar-refractivity contribution < 1.29 is 0 Å². The van der Waals surface area contributed by atoms with Gasteiger partial charge >= 0.3 is 0 Å². The molecule has 0 aromatic heterocycles. The molecular weight excluding hydrogens is 729 g/mol. The summed E-state index contributed by atoms with van der Waals surface area (Å²) in [7, 11) is -2.16. The maximum Gasteiger partial charge on any atom is 0.113 e. The summed E-state index contributed by atoms with van der Waals surface area (Å²) in [5.74, 6) is 0. The number of nitrogens with zero attached hydrogens (tertiary/aromatic N) is 2. The van der Waals surface area contributed by atoms with Crippen LogP contribution in [-0.4, -0.2) is 8.07 Å². The van der Waals surface area contributed by atoms with Crippen LogP contribution in [0.25, 0.3) is 54.6 Å². The van der Waals surface area contributed by atoms with E-state index in [1.807, 2.05) is 0 Å². The molecule has 0 radical (unpaired) electrons. The largest absolute Gasteiger partial charge is 0.310 e. The van der Waals surface area contributed by atoms with E-state index in [-0.39, 0.29) is 0 Å². The second kappa shape index (κ2) is 14.0. The van der Waals surface area contributed by atoms with E-state index in [0.717, 1.165) is 17.1 Å². The molecule has 0 saturated heterocycles. The van der Waals surface area contributed by atoms with Crippen LogP contribution in [0.2, 0.25) is 13.1 Å². The molecule has 0 fully saturated rings. The van der Waals surface area contributed by atoms with Crippen LogP contribution in [0.1, 0.15) is 0 Å². The molecule has 1 aliphatic rings. The van der Waals surface area contributed by atoms with E-state index in [2.05, 4.69) is 241 Å². The van der Waals surface area contributed by atoms with E-state index in [4.69, 9.17) is 0 Å². The zero-order chi connectivity index (χ0) is 39.5. The maximum atomic E-state index is 2.53. The molecule has 0 N–H and O–H groups in total. The van der Waals surface area contributed by atoms with Crippen LogP contribution in [0.4, 0.5) is 34.1 Å². The maximum absolute atomic E-state index is 2.53. The second-order valence-corrected chi connectivity index (χ2v) is 20.5. The lowest BCUT2D eigenvalue weighted by Crippen LogP contribution is -2.55. The van der Waals surface area contributed by atoms with Gasteiger partial charge in [-0.1, -0.05) is 177 Å². The van der Waals surface area contributed by atoms with Gasteiger partial charge in [-0.3, -0.25) is 0 Å². The molecule has 0 atom stereocenters. The van der Waals surface area contributed by atoms with Gasteiger partial charge in [0.2, 0.25) is 0 Å². The van der Waals surface area contributed by atoms with Crippen LogP contribution in [0.3, 0.4) is 0 Å². The van der Waals surface area contributed by atoms with Gasteiger partial charge in [0.1, 0.15) is 8.07 Å². The number of para-hydroxylation sites is 2. The van der Waals surface area contributed by atoms with Crippen molar-refractivity contribution in [2.24, 2.45) is 0 Å². The normalized spacial score (nSPS) is 12.7. The first-order valence-electron chi connectivity index (χ1n) is 20.5. The van der Waals surface area contributed by atoms with Crippen LogP contribution in [-0.2, 0) is 0 Å². The lowest BCUT2D eigenvalue weighted by molar-refractivity contribution is 1.30. The minimum Gasteiger partial charge on any atom is -0.310 e. The molecular formula is C56H42N2Si. The highest BCUT2D eigenvalue weighted by Crippen LogP contribution is 2.46. The smallest absolute Gasteiger partial charge is 0.113 e. The second-order valence-electron chi connectivity index (χ2n) is 16.1. The lowest BCUT2D eigenvalue weighted by atomic mass is 9.93. The van der Waals surface area contributed by atoms with E-state index in [1.165, 1.54) is 82.0 Å². The number of hydrogen-bond acceptors (Lipinski definition) is 2. The molecule has 0 spiro atoms. The van der Waals surface area contributed by atoms with Gasteiger partial charge in [0.25, 0.3) is 0 Å². The van der Waals surface area contributed by atoms with Crippen molar-refractivity contribution in [1.82, 2.24) is 0 Å². The van der Waals surface area contributed by atoms with Crippen molar-refractivity contribution in [2.75, 3.05) is 9.80 Å². The quantitative estimate of drug-likeness (QED) is 0.149.